The van der Waals surface area contributed by atoms with Gasteiger partial charge in [-0.2, -0.15) is 0 Å². The quantitative estimate of drug-likeness (QED) is 0.778. The smallest absolute Gasteiger partial charge is 0.261 e. The van der Waals surface area contributed by atoms with Gasteiger partial charge >= 0.3 is 0 Å². The molecule has 1 saturated heterocycles. The van der Waals surface area contributed by atoms with Crippen LogP contribution < -0.4 is 4.90 Å². The maximum atomic E-state index is 15.1. The molecule has 0 aliphatic carbocycles. The normalized spacial score (nSPS) is 26.3. The fraction of sp³-hybridized carbons (Fsp3) is 0.500. The maximum Gasteiger partial charge on any atom is 0.261 e. The maximum absolute atomic E-state index is 15.1. The van der Waals surface area contributed by atoms with Crippen molar-refractivity contribution < 1.29 is 18.3 Å². The number of carbonyl (C=O) groups excluding carboxylic acids is 1. The Morgan fingerprint density at radius 3 is 2.71 bits per heavy atom. The first-order chi connectivity index (χ1) is 11.5. The van der Waals surface area contributed by atoms with Crippen molar-refractivity contribution in [3.8, 4) is 0 Å². The van der Waals surface area contributed by atoms with Gasteiger partial charge in [0, 0.05) is 19.6 Å². The highest BCUT2D eigenvalue weighted by Crippen LogP contribution is 2.41. The van der Waals surface area contributed by atoms with Crippen molar-refractivity contribution in [2.24, 2.45) is 4.99 Å². The van der Waals surface area contributed by atoms with Crippen molar-refractivity contribution in [3.05, 3.63) is 23.3 Å². The molecular weight excluding hydrogens is 336 g/mol. The van der Waals surface area contributed by atoms with Crippen molar-refractivity contribution in [1.82, 2.24) is 4.90 Å². The fourth-order valence-electron chi connectivity index (χ4n) is 3.44. The lowest BCUT2D eigenvalue weighted by Crippen LogP contribution is -2.46. The van der Waals surface area contributed by atoms with Gasteiger partial charge in [-0.05, 0) is 31.7 Å². The molecule has 128 valence electrons. The fourth-order valence-corrected chi connectivity index (χ4v) is 4.50. The molecular formula is C16H17F2N3O2S. The first-order valence-corrected chi connectivity index (χ1v) is 8.74. The third kappa shape index (κ3) is 2.39. The van der Waals surface area contributed by atoms with E-state index in [1.165, 1.54) is 4.90 Å². The number of benzene rings is 1. The van der Waals surface area contributed by atoms with Crippen molar-refractivity contribution in [2.75, 3.05) is 31.1 Å². The lowest BCUT2D eigenvalue weighted by atomic mass is 10.1. The lowest BCUT2D eigenvalue weighted by Gasteiger charge is -2.37. The van der Waals surface area contributed by atoms with Crippen LogP contribution in [-0.4, -0.2) is 54.4 Å². The molecule has 0 saturated carbocycles. The number of amidine groups is 1. The number of hydrogen-bond donors (Lipinski definition) is 0. The number of thioether (sulfide) groups is 1. The van der Waals surface area contributed by atoms with Crippen LogP contribution in [0, 0.1) is 11.6 Å². The highest BCUT2D eigenvalue weighted by Gasteiger charge is 2.38. The third-order valence-corrected chi connectivity index (χ3v) is 5.49. The van der Waals surface area contributed by atoms with E-state index in [0.29, 0.717) is 31.3 Å². The van der Waals surface area contributed by atoms with Crippen LogP contribution in [0.5, 0.6) is 0 Å². The summed E-state index contributed by atoms with van der Waals surface area (Å²) in [4.78, 5) is 20.0. The SMILES string of the molecule is C[C@@H]1CN(c2c(F)cc3c(c2F)SC2=NCCN2C3=O)C[C@H](C)O1. The van der Waals surface area contributed by atoms with E-state index in [1.54, 1.807) is 4.90 Å². The summed E-state index contributed by atoms with van der Waals surface area (Å²) in [7, 11) is 0. The van der Waals surface area contributed by atoms with Crippen LogP contribution in [0.4, 0.5) is 14.5 Å². The summed E-state index contributed by atoms with van der Waals surface area (Å²) in [5, 5.41) is 0.493. The number of anilines is 1. The van der Waals surface area contributed by atoms with Gasteiger partial charge in [0.1, 0.15) is 11.5 Å². The van der Waals surface area contributed by atoms with Crippen LogP contribution in [0.15, 0.2) is 16.0 Å². The Labute approximate surface area is 142 Å². The van der Waals surface area contributed by atoms with Crippen LogP contribution in [0.25, 0.3) is 0 Å². The number of hydrogen-bond acceptors (Lipinski definition) is 5. The molecule has 24 heavy (non-hydrogen) atoms. The Morgan fingerprint density at radius 1 is 1.29 bits per heavy atom. The number of fused-ring (bicyclic) bond motifs is 2. The van der Waals surface area contributed by atoms with Gasteiger partial charge in [0.05, 0.1) is 29.2 Å². The second kappa shape index (κ2) is 5.70. The molecule has 8 heteroatoms. The summed E-state index contributed by atoms with van der Waals surface area (Å²) >= 11 is 1.10. The van der Waals surface area contributed by atoms with Crippen LogP contribution in [0.1, 0.15) is 24.2 Å². The predicted octanol–water partition coefficient (Wildman–Crippen LogP) is 2.50. The van der Waals surface area contributed by atoms with Gasteiger partial charge in [-0.1, -0.05) is 0 Å². The molecule has 0 bridgehead atoms. The molecule has 1 aromatic carbocycles. The van der Waals surface area contributed by atoms with E-state index in [2.05, 4.69) is 4.99 Å². The molecule has 1 aromatic rings. The third-order valence-electron chi connectivity index (χ3n) is 4.36. The average molecular weight is 353 g/mol. The number of nitrogens with zero attached hydrogens (tertiary/aromatic N) is 3. The summed E-state index contributed by atoms with van der Waals surface area (Å²) in [6.45, 7) is 5.52. The van der Waals surface area contributed by atoms with E-state index < -0.39 is 11.6 Å². The van der Waals surface area contributed by atoms with Gasteiger partial charge in [0.2, 0.25) is 0 Å². The number of ether oxygens (including phenoxy) is 1. The average Bonchev–Trinajstić information content (AvgIpc) is 2.97. The number of halogens is 2. The Balaban J connectivity index is 1.79. The first-order valence-electron chi connectivity index (χ1n) is 7.92. The van der Waals surface area contributed by atoms with Gasteiger partial charge in [0.25, 0.3) is 5.91 Å². The van der Waals surface area contributed by atoms with Gasteiger partial charge in [-0.25, -0.2) is 8.78 Å². The standard InChI is InChI=1S/C16H17F2N3O2S/c1-8-6-20(7-9(2)23-8)13-11(17)5-10-14(12(13)18)24-16-19-3-4-21(16)15(10)22/h5,8-9H,3-4,6-7H2,1-2H3/t8-,9+. The Morgan fingerprint density at radius 2 is 2.00 bits per heavy atom. The molecule has 0 N–H and O–H groups in total. The molecule has 0 radical (unpaired) electrons. The molecule has 3 heterocycles. The first kappa shape index (κ1) is 15.8. The molecule has 1 fully saturated rings. The topological polar surface area (TPSA) is 45.1 Å². The summed E-state index contributed by atoms with van der Waals surface area (Å²) in [6, 6.07) is 1.16. The number of aliphatic imine (C=N–C) groups is 1. The summed E-state index contributed by atoms with van der Waals surface area (Å²) in [5.74, 6) is -1.77. The van der Waals surface area contributed by atoms with Crippen LogP contribution in [0.2, 0.25) is 0 Å². The van der Waals surface area contributed by atoms with Crippen molar-refractivity contribution >= 4 is 28.5 Å². The lowest BCUT2D eigenvalue weighted by molar-refractivity contribution is -0.00561. The zero-order chi connectivity index (χ0) is 17.0. The van der Waals surface area contributed by atoms with E-state index in [9.17, 15) is 9.18 Å². The minimum atomic E-state index is -0.707. The summed E-state index contributed by atoms with van der Waals surface area (Å²) in [5.41, 5.74) is -0.00273. The van der Waals surface area contributed by atoms with Gasteiger partial charge in [0.15, 0.2) is 11.0 Å². The molecule has 2 atom stereocenters. The number of amides is 1. The number of carbonyl (C=O) groups is 1. The minimum absolute atomic E-state index is 0.0777. The Kier molecular flexibility index (Phi) is 3.76. The van der Waals surface area contributed by atoms with E-state index >= 15 is 4.39 Å². The zero-order valence-electron chi connectivity index (χ0n) is 13.4. The molecule has 5 nitrogen and oxygen atoms in total. The van der Waals surface area contributed by atoms with Crippen LogP contribution in [-0.2, 0) is 4.74 Å². The highest BCUT2D eigenvalue weighted by molar-refractivity contribution is 8.14. The molecule has 0 unspecified atom stereocenters. The zero-order valence-corrected chi connectivity index (χ0v) is 14.2. The molecule has 0 aromatic heterocycles. The molecule has 4 rings (SSSR count). The van der Waals surface area contributed by atoms with Crippen molar-refractivity contribution in [2.45, 2.75) is 31.0 Å². The van der Waals surface area contributed by atoms with Gasteiger partial charge in [-0.15, -0.1) is 0 Å². The molecule has 3 aliphatic rings. The predicted molar refractivity (Wildman–Crippen MR) is 87.8 cm³/mol. The van der Waals surface area contributed by atoms with Gasteiger partial charge in [-0.3, -0.25) is 14.7 Å². The summed E-state index contributed by atoms with van der Waals surface area (Å²) in [6.07, 6.45) is -0.236. The van der Waals surface area contributed by atoms with Crippen LogP contribution >= 0.6 is 11.8 Å². The summed E-state index contributed by atoms with van der Waals surface area (Å²) < 4.78 is 35.4. The second-order valence-electron chi connectivity index (χ2n) is 6.28. The van der Waals surface area contributed by atoms with E-state index in [1.807, 2.05) is 13.8 Å². The largest absolute Gasteiger partial charge is 0.372 e. The Bertz CT molecular complexity index is 745. The molecule has 1 amide bonds. The number of rotatable bonds is 1. The molecule has 0 spiro atoms. The van der Waals surface area contributed by atoms with E-state index in [-0.39, 0.29) is 34.3 Å². The van der Waals surface area contributed by atoms with Crippen molar-refractivity contribution in [3.63, 3.8) is 0 Å². The van der Waals surface area contributed by atoms with Crippen molar-refractivity contribution in [1.29, 1.82) is 0 Å². The van der Waals surface area contributed by atoms with E-state index in [0.717, 1.165) is 17.8 Å². The van der Waals surface area contributed by atoms with Gasteiger partial charge < -0.3 is 9.64 Å². The number of morpholine rings is 1. The Hall–Kier alpha value is -1.67. The minimum Gasteiger partial charge on any atom is -0.372 e. The van der Waals surface area contributed by atoms with Crippen LogP contribution in [0.3, 0.4) is 0 Å². The highest BCUT2D eigenvalue weighted by atomic mass is 32.2. The van der Waals surface area contributed by atoms with E-state index in [4.69, 9.17) is 4.74 Å². The second-order valence-corrected chi connectivity index (χ2v) is 7.26. The monoisotopic (exact) mass is 353 g/mol. The molecule has 3 aliphatic heterocycles.